The molecule has 4 nitrogen and oxygen atoms in total. The Kier molecular flexibility index (Phi) is 4.60. The zero-order valence-electron chi connectivity index (χ0n) is 19.4. The van der Waals surface area contributed by atoms with E-state index < -0.39 is 0 Å². The van der Waals surface area contributed by atoms with Gasteiger partial charge in [0.2, 0.25) is 5.91 Å². The fourth-order valence-electron chi connectivity index (χ4n) is 8.36. The highest BCUT2D eigenvalue weighted by atomic mass is 16.5. The summed E-state index contributed by atoms with van der Waals surface area (Å²) in [6, 6.07) is 12.8. The summed E-state index contributed by atoms with van der Waals surface area (Å²) >= 11 is 0. The quantitative estimate of drug-likeness (QED) is 0.562. The maximum absolute atomic E-state index is 13.4. The molecule has 0 radical (unpaired) electrons. The Morgan fingerprint density at radius 3 is 2.39 bits per heavy atom. The van der Waals surface area contributed by atoms with Crippen LogP contribution < -0.4 is 10.2 Å². The second-order valence-electron chi connectivity index (χ2n) is 11.7. The minimum absolute atomic E-state index is 0.168. The highest BCUT2D eigenvalue weighted by Crippen LogP contribution is 2.56. The fourth-order valence-corrected chi connectivity index (χ4v) is 8.36. The fraction of sp³-hybridized carbons (Fsp3) is 0.586. The summed E-state index contributed by atoms with van der Waals surface area (Å²) in [6.07, 6.45) is 13.1. The standard InChI is InChI=1S/C29H34N2O2/c32-28(26-21-13-18-12-19(15-21)16-22(26)14-18)31-30-25-17-29(10-4-1-5-11-29)33-27-23-7-3-2-6-20(23)8-9-24(25)27/h2-3,6-9,18-19,21-22,26H,1,4-5,10-17H2,(H,31,32)/b30-25+. The van der Waals surface area contributed by atoms with E-state index in [2.05, 4.69) is 41.8 Å². The minimum atomic E-state index is -0.179. The Bertz CT molecular complexity index is 1100. The molecule has 5 saturated carbocycles. The third-order valence-electron chi connectivity index (χ3n) is 9.59. The van der Waals surface area contributed by atoms with E-state index >= 15 is 0 Å². The molecule has 4 heteroatoms. The molecule has 0 saturated heterocycles. The van der Waals surface area contributed by atoms with Crippen molar-refractivity contribution in [2.45, 2.75) is 76.2 Å². The molecule has 172 valence electrons. The second-order valence-corrected chi connectivity index (χ2v) is 11.7. The predicted molar refractivity (Wildman–Crippen MR) is 130 cm³/mol. The number of benzene rings is 2. The van der Waals surface area contributed by atoms with Crippen LogP contribution in [0.3, 0.4) is 0 Å². The number of carbonyl (C=O) groups is 1. The number of hydrazone groups is 1. The van der Waals surface area contributed by atoms with Crippen LogP contribution in [0.4, 0.5) is 0 Å². The van der Waals surface area contributed by atoms with Crippen LogP contribution in [0.5, 0.6) is 5.75 Å². The normalized spacial score (nSPS) is 34.9. The van der Waals surface area contributed by atoms with Gasteiger partial charge in [0.05, 0.1) is 5.71 Å². The molecule has 1 aliphatic heterocycles. The van der Waals surface area contributed by atoms with E-state index in [1.54, 1.807) is 0 Å². The van der Waals surface area contributed by atoms with Gasteiger partial charge in [0.15, 0.2) is 0 Å². The van der Waals surface area contributed by atoms with Crippen molar-refractivity contribution in [3.8, 4) is 5.75 Å². The monoisotopic (exact) mass is 442 g/mol. The van der Waals surface area contributed by atoms with Crippen molar-refractivity contribution >= 4 is 22.4 Å². The molecule has 6 aliphatic rings. The molecule has 1 amide bonds. The first-order valence-corrected chi connectivity index (χ1v) is 13.2. The molecule has 1 spiro atoms. The first-order valence-electron chi connectivity index (χ1n) is 13.2. The summed E-state index contributed by atoms with van der Waals surface area (Å²) in [6.45, 7) is 0. The lowest BCUT2D eigenvalue weighted by Gasteiger charge is -2.53. The first-order chi connectivity index (χ1) is 16.2. The Labute approximate surface area is 196 Å². The van der Waals surface area contributed by atoms with Gasteiger partial charge < -0.3 is 4.74 Å². The van der Waals surface area contributed by atoms with E-state index in [4.69, 9.17) is 9.84 Å². The van der Waals surface area contributed by atoms with E-state index in [-0.39, 0.29) is 17.4 Å². The zero-order chi connectivity index (χ0) is 22.0. The molecule has 2 aromatic rings. The molecule has 8 rings (SSSR count). The van der Waals surface area contributed by atoms with Gasteiger partial charge in [-0.05, 0) is 92.9 Å². The maximum atomic E-state index is 13.4. The number of nitrogens with zero attached hydrogens (tertiary/aromatic N) is 1. The van der Waals surface area contributed by atoms with Gasteiger partial charge in [0, 0.05) is 23.3 Å². The van der Waals surface area contributed by atoms with Gasteiger partial charge in [-0.3, -0.25) is 4.79 Å². The zero-order valence-corrected chi connectivity index (χ0v) is 19.4. The Morgan fingerprint density at radius 2 is 1.64 bits per heavy atom. The number of hydrogen-bond donors (Lipinski definition) is 1. The summed E-state index contributed by atoms with van der Waals surface area (Å²) < 4.78 is 6.81. The Hall–Kier alpha value is -2.36. The van der Waals surface area contributed by atoms with E-state index in [1.165, 1.54) is 56.8 Å². The van der Waals surface area contributed by atoms with Crippen molar-refractivity contribution < 1.29 is 9.53 Å². The molecule has 5 aliphatic carbocycles. The smallest absolute Gasteiger partial charge is 0.243 e. The highest BCUT2D eigenvalue weighted by Gasteiger charge is 2.51. The number of hydrogen-bond acceptors (Lipinski definition) is 3. The minimum Gasteiger partial charge on any atom is -0.486 e. The molecule has 1 N–H and O–H groups in total. The highest BCUT2D eigenvalue weighted by molar-refractivity contribution is 6.09. The van der Waals surface area contributed by atoms with Gasteiger partial charge >= 0.3 is 0 Å². The van der Waals surface area contributed by atoms with Crippen LogP contribution >= 0.6 is 0 Å². The number of amides is 1. The van der Waals surface area contributed by atoms with E-state index in [0.29, 0.717) is 11.8 Å². The lowest BCUT2D eigenvalue weighted by atomic mass is 9.52. The summed E-state index contributed by atoms with van der Waals surface area (Å²) in [5.74, 6) is 4.22. The molecular formula is C29H34N2O2. The van der Waals surface area contributed by atoms with Crippen LogP contribution in [0, 0.1) is 29.6 Å². The van der Waals surface area contributed by atoms with Crippen molar-refractivity contribution in [2.24, 2.45) is 34.7 Å². The first kappa shape index (κ1) is 20.1. The third-order valence-corrected chi connectivity index (χ3v) is 9.59. The van der Waals surface area contributed by atoms with Gasteiger partial charge in [-0.25, -0.2) is 5.43 Å². The van der Waals surface area contributed by atoms with Gasteiger partial charge in [-0.15, -0.1) is 0 Å². The topological polar surface area (TPSA) is 50.7 Å². The molecule has 4 bridgehead atoms. The SMILES string of the molecule is O=C(N/N=C1\CC2(CCCCC2)Oc2c1ccc1ccccc21)C1C2CC3CC(C2)CC1C3. The second kappa shape index (κ2) is 7.58. The molecule has 1 heterocycles. The van der Waals surface area contributed by atoms with Crippen LogP contribution in [0.1, 0.15) is 76.2 Å². The number of ether oxygens (including phenoxy) is 1. The van der Waals surface area contributed by atoms with Gasteiger partial charge in [0.25, 0.3) is 0 Å². The average Bonchev–Trinajstić information content (AvgIpc) is 2.82. The largest absolute Gasteiger partial charge is 0.486 e. The van der Waals surface area contributed by atoms with Gasteiger partial charge in [-0.2, -0.15) is 5.10 Å². The summed E-state index contributed by atoms with van der Waals surface area (Å²) in [4.78, 5) is 13.4. The number of nitrogens with one attached hydrogen (secondary N) is 1. The summed E-state index contributed by atoms with van der Waals surface area (Å²) in [5, 5.41) is 7.20. The van der Waals surface area contributed by atoms with Crippen LogP contribution in [0.15, 0.2) is 41.5 Å². The van der Waals surface area contributed by atoms with Crippen molar-refractivity contribution in [3.63, 3.8) is 0 Å². The van der Waals surface area contributed by atoms with E-state index in [9.17, 15) is 4.79 Å². The Balaban J connectivity index is 1.22. The van der Waals surface area contributed by atoms with Crippen molar-refractivity contribution in [1.29, 1.82) is 0 Å². The molecule has 0 atom stereocenters. The number of rotatable bonds is 2. The van der Waals surface area contributed by atoms with Crippen molar-refractivity contribution in [3.05, 3.63) is 42.0 Å². The number of fused-ring (bicyclic) bond motifs is 3. The number of carbonyl (C=O) groups excluding carboxylic acids is 1. The Morgan fingerprint density at radius 1 is 0.909 bits per heavy atom. The van der Waals surface area contributed by atoms with Crippen molar-refractivity contribution in [1.82, 2.24) is 5.43 Å². The van der Waals surface area contributed by atoms with Crippen LogP contribution in [-0.2, 0) is 4.79 Å². The average molecular weight is 443 g/mol. The van der Waals surface area contributed by atoms with Gasteiger partial charge in [0.1, 0.15) is 11.4 Å². The summed E-state index contributed by atoms with van der Waals surface area (Å²) in [7, 11) is 0. The molecule has 2 aromatic carbocycles. The maximum Gasteiger partial charge on any atom is 0.243 e. The van der Waals surface area contributed by atoms with Crippen molar-refractivity contribution in [2.75, 3.05) is 0 Å². The molecule has 33 heavy (non-hydrogen) atoms. The van der Waals surface area contributed by atoms with Crippen LogP contribution in [0.25, 0.3) is 10.8 Å². The van der Waals surface area contributed by atoms with E-state index in [1.807, 2.05) is 0 Å². The van der Waals surface area contributed by atoms with Crippen LogP contribution in [0.2, 0.25) is 0 Å². The summed E-state index contributed by atoms with van der Waals surface area (Å²) in [5.41, 5.74) is 4.96. The van der Waals surface area contributed by atoms with E-state index in [0.717, 1.165) is 53.5 Å². The molecule has 5 fully saturated rings. The lowest BCUT2D eigenvalue weighted by Crippen LogP contribution is -2.50. The molecule has 0 aromatic heterocycles. The molecule has 0 unspecified atom stereocenters. The predicted octanol–water partition coefficient (Wildman–Crippen LogP) is 6.22. The third kappa shape index (κ3) is 3.32. The molecular weight excluding hydrogens is 408 g/mol. The van der Waals surface area contributed by atoms with Gasteiger partial charge in [-0.1, -0.05) is 36.8 Å². The lowest BCUT2D eigenvalue weighted by molar-refractivity contribution is -0.138. The van der Waals surface area contributed by atoms with Crippen LogP contribution in [-0.4, -0.2) is 17.2 Å².